The van der Waals surface area contributed by atoms with Crippen LogP contribution in [-0.2, 0) is 17.1 Å². The number of rotatable bonds is 1. The molecule has 0 radical (unpaired) electrons. The lowest BCUT2D eigenvalue weighted by atomic mass is 11.0. The Hall–Kier alpha value is -1.26. The smallest absolute Gasteiger partial charge is 0.339 e. The number of hydrogen-bond donors (Lipinski definition) is 2. The standard InChI is InChI=1S/C5H9N5O3S2/c1-7-3(11)8-4-10(2)9-5(14-4)15(6,12)13/h1-2H3,(H,7,11)(H2,6,12,13). The zero-order valence-corrected chi connectivity index (χ0v) is 9.59. The average molecular weight is 251 g/mol. The van der Waals surface area contributed by atoms with Crippen LogP contribution in [0, 0.1) is 0 Å². The first-order valence-electron chi connectivity index (χ1n) is 3.68. The predicted octanol–water partition coefficient (Wildman–Crippen LogP) is -1.63. The van der Waals surface area contributed by atoms with Crippen molar-refractivity contribution in [1.29, 1.82) is 0 Å². The molecule has 15 heavy (non-hydrogen) atoms. The Morgan fingerprint density at radius 2 is 2.27 bits per heavy atom. The van der Waals surface area contributed by atoms with E-state index in [4.69, 9.17) is 5.14 Å². The summed E-state index contributed by atoms with van der Waals surface area (Å²) in [5, 5.41) is 10.8. The van der Waals surface area contributed by atoms with Crippen LogP contribution >= 0.6 is 11.3 Å². The van der Waals surface area contributed by atoms with Crippen LogP contribution in [0.25, 0.3) is 0 Å². The summed E-state index contributed by atoms with van der Waals surface area (Å²) >= 11 is 0.722. The number of primary sulfonamides is 1. The van der Waals surface area contributed by atoms with Gasteiger partial charge in [-0.25, -0.2) is 23.0 Å². The number of aromatic nitrogens is 2. The summed E-state index contributed by atoms with van der Waals surface area (Å²) in [6.07, 6.45) is 0. The maximum atomic E-state index is 10.9. The predicted molar refractivity (Wildman–Crippen MR) is 52.5 cm³/mol. The summed E-state index contributed by atoms with van der Waals surface area (Å²) in [5.41, 5.74) is 0. The van der Waals surface area contributed by atoms with Crippen molar-refractivity contribution >= 4 is 27.4 Å². The van der Waals surface area contributed by atoms with Crippen molar-refractivity contribution in [2.45, 2.75) is 4.34 Å². The van der Waals surface area contributed by atoms with Crippen LogP contribution < -0.4 is 15.3 Å². The molecule has 8 nitrogen and oxygen atoms in total. The van der Waals surface area contributed by atoms with E-state index < -0.39 is 16.1 Å². The van der Waals surface area contributed by atoms with E-state index >= 15 is 0 Å². The lowest BCUT2D eigenvalue weighted by Crippen LogP contribution is -2.20. The number of amides is 2. The Kier molecular flexibility index (Phi) is 3.21. The van der Waals surface area contributed by atoms with Crippen LogP contribution in [0.1, 0.15) is 0 Å². The van der Waals surface area contributed by atoms with E-state index in [0.29, 0.717) is 0 Å². The monoisotopic (exact) mass is 251 g/mol. The molecule has 0 aliphatic heterocycles. The molecule has 0 aliphatic carbocycles. The van der Waals surface area contributed by atoms with E-state index in [1.54, 1.807) is 0 Å². The lowest BCUT2D eigenvalue weighted by molar-refractivity contribution is 0.250. The zero-order chi connectivity index (χ0) is 11.6. The second-order valence-corrected chi connectivity index (χ2v) is 5.18. The molecule has 1 heterocycles. The molecule has 0 atom stereocenters. The molecule has 0 spiro atoms. The third-order valence-electron chi connectivity index (χ3n) is 1.34. The second-order valence-electron chi connectivity index (χ2n) is 2.49. The summed E-state index contributed by atoms with van der Waals surface area (Å²) in [4.78, 5) is 14.6. The maximum absolute atomic E-state index is 10.9. The molecule has 0 aromatic carbocycles. The number of carbonyl (C=O) groups excluding carboxylic acids is 1. The highest BCUT2D eigenvalue weighted by Gasteiger charge is 2.14. The van der Waals surface area contributed by atoms with Gasteiger partial charge in [0.25, 0.3) is 10.0 Å². The summed E-state index contributed by atoms with van der Waals surface area (Å²) < 4.78 is 22.7. The molecule has 0 bridgehead atoms. The first-order chi connectivity index (χ1) is 6.84. The summed E-state index contributed by atoms with van der Waals surface area (Å²) in [6.45, 7) is 0. The highest BCUT2D eigenvalue weighted by Crippen LogP contribution is 2.03. The largest absolute Gasteiger partial charge is 0.343 e. The fourth-order valence-corrected chi connectivity index (χ4v) is 2.23. The number of urea groups is 1. The number of hydrogen-bond acceptors (Lipinski definition) is 5. The van der Waals surface area contributed by atoms with Gasteiger partial charge in [0.1, 0.15) is 0 Å². The number of sulfonamides is 1. The average Bonchev–Trinajstić information content (AvgIpc) is 2.47. The van der Waals surface area contributed by atoms with E-state index in [-0.39, 0.29) is 9.14 Å². The number of nitrogens with zero attached hydrogens (tertiary/aromatic N) is 3. The van der Waals surface area contributed by atoms with Gasteiger partial charge in [0.2, 0.25) is 9.14 Å². The molecule has 0 aliphatic rings. The fraction of sp³-hybridized carbons (Fsp3) is 0.400. The van der Waals surface area contributed by atoms with Crippen molar-refractivity contribution in [3.05, 3.63) is 4.80 Å². The van der Waals surface area contributed by atoms with Crippen LogP contribution in [0.15, 0.2) is 9.33 Å². The minimum atomic E-state index is -3.85. The summed E-state index contributed by atoms with van der Waals surface area (Å²) in [7, 11) is -0.977. The van der Waals surface area contributed by atoms with Gasteiger partial charge in [-0.05, 0) is 0 Å². The summed E-state index contributed by atoms with van der Waals surface area (Å²) in [5.74, 6) is 0. The zero-order valence-electron chi connectivity index (χ0n) is 7.96. The van der Waals surface area contributed by atoms with Gasteiger partial charge in [-0.1, -0.05) is 11.3 Å². The molecule has 0 saturated carbocycles. The third-order valence-corrected chi connectivity index (χ3v) is 3.65. The van der Waals surface area contributed by atoms with Crippen LogP contribution in [-0.4, -0.2) is 31.3 Å². The highest BCUT2D eigenvalue weighted by molar-refractivity contribution is 7.91. The molecule has 0 saturated heterocycles. The van der Waals surface area contributed by atoms with Crippen molar-refractivity contribution < 1.29 is 13.2 Å². The first-order valence-corrected chi connectivity index (χ1v) is 6.04. The quantitative estimate of drug-likeness (QED) is 0.622. The van der Waals surface area contributed by atoms with Gasteiger partial charge < -0.3 is 5.32 Å². The molecule has 10 heteroatoms. The number of nitrogens with one attached hydrogen (secondary N) is 1. The van der Waals surface area contributed by atoms with Crippen LogP contribution in [0.5, 0.6) is 0 Å². The van der Waals surface area contributed by atoms with E-state index in [1.807, 2.05) is 0 Å². The lowest BCUT2D eigenvalue weighted by Gasteiger charge is -1.88. The van der Waals surface area contributed by atoms with Gasteiger partial charge in [-0.2, -0.15) is 4.99 Å². The Labute approximate surface area is 89.5 Å². The van der Waals surface area contributed by atoms with E-state index in [0.717, 1.165) is 11.3 Å². The van der Waals surface area contributed by atoms with E-state index in [1.165, 1.54) is 18.8 Å². The fourth-order valence-electron chi connectivity index (χ4n) is 0.683. The molecular weight excluding hydrogens is 242 g/mol. The molecule has 3 N–H and O–H groups in total. The van der Waals surface area contributed by atoms with Gasteiger partial charge in [-0.15, -0.1) is 5.10 Å². The highest BCUT2D eigenvalue weighted by atomic mass is 32.2. The minimum absolute atomic E-state index is 0.151. The van der Waals surface area contributed by atoms with Crippen molar-refractivity contribution in [2.24, 2.45) is 17.2 Å². The van der Waals surface area contributed by atoms with Crippen LogP contribution in [0.3, 0.4) is 0 Å². The van der Waals surface area contributed by atoms with E-state index in [2.05, 4.69) is 15.4 Å². The van der Waals surface area contributed by atoms with Crippen molar-refractivity contribution in [3.63, 3.8) is 0 Å². The third kappa shape index (κ3) is 2.84. The molecular formula is C5H9N5O3S2. The Morgan fingerprint density at radius 3 is 2.67 bits per heavy atom. The maximum Gasteiger partial charge on any atom is 0.343 e. The van der Waals surface area contributed by atoms with Gasteiger partial charge in [0.05, 0.1) is 0 Å². The molecule has 0 unspecified atom stereocenters. The van der Waals surface area contributed by atoms with Crippen molar-refractivity contribution in [2.75, 3.05) is 7.05 Å². The SMILES string of the molecule is CNC(=O)N=c1sc(S(N)(=O)=O)nn1C. The topological polar surface area (TPSA) is 119 Å². The normalized spacial score (nSPS) is 12.9. The van der Waals surface area contributed by atoms with E-state index in [9.17, 15) is 13.2 Å². The molecule has 84 valence electrons. The molecule has 1 rings (SSSR count). The number of nitrogens with two attached hydrogens (primary N) is 1. The summed E-state index contributed by atoms with van der Waals surface area (Å²) in [6, 6.07) is -0.588. The minimum Gasteiger partial charge on any atom is -0.339 e. The molecule has 1 aromatic heterocycles. The molecule has 0 fully saturated rings. The van der Waals surface area contributed by atoms with Crippen molar-refractivity contribution in [3.8, 4) is 0 Å². The second kappa shape index (κ2) is 4.08. The van der Waals surface area contributed by atoms with Crippen molar-refractivity contribution in [1.82, 2.24) is 15.1 Å². The molecule has 2 amide bonds. The first kappa shape index (κ1) is 11.8. The van der Waals surface area contributed by atoms with Crippen LogP contribution in [0.2, 0.25) is 0 Å². The Morgan fingerprint density at radius 1 is 1.67 bits per heavy atom. The number of carbonyl (C=O) groups is 1. The Balaban J connectivity index is 3.30. The van der Waals surface area contributed by atoms with Crippen LogP contribution in [0.4, 0.5) is 4.79 Å². The van der Waals surface area contributed by atoms with Gasteiger partial charge in [-0.3, -0.25) is 0 Å². The van der Waals surface area contributed by atoms with Gasteiger partial charge in [0.15, 0.2) is 0 Å². The Bertz CT molecular complexity index is 539. The van der Waals surface area contributed by atoms with Gasteiger partial charge in [0, 0.05) is 14.1 Å². The number of aryl methyl sites for hydroxylation is 1. The molecule has 1 aromatic rings. The van der Waals surface area contributed by atoms with Gasteiger partial charge >= 0.3 is 6.03 Å².